The highest BCUT2D eigenvalue weighted by molar-refractivity contribution is 7.71. The summed E-state index contributed by atoms with van der Waals surface area (Å²) in [5.41, 5.74) is -0.572. The van der Waals surface area contributed by atoms with Crippen molar-refractivity contribution in [2.24, 2.45) is 0 Å². The molecule has 0 unspecified atom stereocenters. The monoisotopic (exact) mass is 237 g/mol. The van der Waals surface area contributed by atoms with Gasteiger partial charge in [-0.15, -0.1) is 0 Å². The van der Waals surface area contributed by atoms with E-state index < -0.39 is 5.97 Å². The first-order valence-corrected chi connectivity index (χ1v) is 4.51. The molecule has 6 nitrogen and oxygen atoms in total. The zero-order chi connectivity index (χ0) is 12.1. The van der Waals surface area contributed by atoms with Crippen molar-refractivity contribution in [3.63, 3.8) is 0 Å². The van der Waals surface area contributed by atoms with Gasteiger partial charge < -0.3 is 4.74 Å². The van der Waals surface area contributed by atoms with E-state index in [2.05, 4.69) is 9.72 Å². The molecule has 1 heterocycles. The lowest BCUT2D eigenvalue weighted by atomic mass is 10.3. The Labute approximate surface area is 95.4 Å². The fourth-order valence-electron chi connectivity index (χ4n) is 0.905. The van der Waals surface area contributed by atoms with Gasteiger partial charge in [-0.25, -0.2) is 4.79 Å². The largest absolute Gasteiger partial charge is 0.465 e. The highest BCUT2D eigenvalue weighted by atomic mass is 32.1. The van der Waals surface area contributed by atoms with Crippen molar-refractivity contribution in [2.45, 2.75) is 0 Å². The molecule has 0 aliphatic heterocycles. The number of methoxy groups -OCH3 is 1. The Morgan fingerprint density at radius 1 is 1.75 bits per heavy atom. The van der Waals surface area contributed by atoms with Crippen LogP contribution in [-0.4, -0.2) is 22.6 Å². The summed E-state index contributed by atoms with van der Waals surface area (Å²) in [7, 11) is 1.17. The summed E-state index contributed by atoms with van der Waals surface area (Å²) < 4.78 is 5.75. The summed E-state index contributed by atoms with van der Waals surface area (Å²) in [4.78, 5) is 24.3. The third-order valence-corrected chi connectivity index (χ3v) is 1.96. The molecule has 0 aliphatic rings. The first-order chi connectivity index (χ1) is 7.58. The lowest BCUT2D eigenvalue weighted by Crippen LogP contribution is -2.10. The number of esters is 1. The van der Waals surface area contributed by atoms with Crippen LogP contribution in [0.15, 0.2) is 22.6 Å². The van der Waals surface area contributed by atoms with Crippen LogP contribution in [0.5, 0.6) is 0 Å². The zero-order valence-corrected chi connectivity index (χ0v) is 9.08. The number of aromatic amines is 1. The molecule has 7 heteroatoms. The minimum absolute atomic E-state index is 0.0872. The molecule has 82 valence electrons. The molecule has 1 aromatic heterocycles. The first kappa shape index (κ1) is 11.9. The van der Waals surface area contributed by atoms with Crippen molar-refractivity contribution in [3.8, 4) is 6.07 Å². The van der Waals surface area contributed by atoms with Crippen LogP contribution in [-0.2, 0) is 9.53 Å². The maximum atomic E-state index is 11.1. The minimum Gasteiger partial charge on any atom is -0.465 e. The van der Waals surface area contributed by atoms with Gasteiger partial charge in [0, 0.05) is 18.5 Å². The Morgan fingerprint density at radius 3 is 2.94 bits per heavy atom. The van der Waals surface area contributed by atoms with E-state index in [-0.39, 0.29) is 15.9 Å². The molecule has 0 atom stereocenters. The number of H-pyrrole nitrogens is 1. The third kappa shape index (κ3) is 2.65. The molecule has 0 aromatic carbocycles. The summed E-state index contributed by atoms with van der Waals surface area (Å²) in [6.45, 7) is 0. The van der Waals surface area contributed by atoms with E-state index in [9.17, 15) is 9.59 Å². The fraction of sp³-hybridized carbons (Fsp3) is 0.111. The number of nitrogens with zero attached hydrogens (tertiary/aromatic N) is 2. The molecular weight excluding hydrogens is 230 g/mol. The van der Waals surface area contributed by atoms with Gasteiger partial charge in [0.1, 0.15) is 6.07 Å². The Hall–Kier alpha value is -2.20. The van der Waals surface area contributed by atoms with Crippen molar-refractivity contribution in [1.29, 1.82) is 5.26 Å². The van der Waals surface area contributed by atoms with Crippen molar-refractivity contribution < 1.29 is 9.53 Å². The van der Waals surface area contributed by atoms with Gasteiger partial charge in [0.2, 0.25) is 0 Å². The number of carbonyl (C=O) groups excluding carboxylic acids is 1. The SMILES string of the molecule is COC(=O)/C(C#N)=C/n1ccc(=O)[nH]c1=S. The maximum Gasteiger partial charge on any atom is 0.350 e. The van der Waals surface area contributed by atoms with Gasteiger partial charge in [-0.1, -0.05) is 0 Å². The summed E-state index contributed by atoms with van der Waals surface area (Å²) in [5.74, 6) is -0.768. The van der Waals surface area contributed by atoms with Gasteiger partial charge in [0.05, 0.1) is 7.11 Å². The molecule has 0 amide bonds. The molecule has 0 aliphatic carbocycles. The van der Waals surface area contributed by atoms with Gasteiger partial charge in [-0.3, -0.25) is 14.3 Å². The van der Waals surface area contributed by atoms with Gasteiger partial charge in [0.15, 0.2) is 10.3 Å². The lowest BCUT2D eigenvalue weighted by Gasteiger charge is -2.00. The summed E-state index contributed by atoms with van der Waals surface area (Å²) >= 11 is 4.83. The first-order valence-electron chi connectivity index (χ1n) is 4.10. The lowest BCUT2D eigenvalue weighted by molar-refractivity contribution is -0.135. The van der Waals surface area contributed by atoms with Crippen LogP contribution in [0.3, 0.4) is 0 Å². The second kappa shape index (κ2) is 5.04. The summed E-state index contributed by atoms with van der Waals surface area (Å²) in [6.07, 6.45) is 2.53. The smallest absolute Gasteiger partial charge is 0.350 e. The van der Waals surface area contributed by atoms with Crippen LogP contribution in [0.1, 0.15) is 0 Å². The second-order valence-electron chi connectivity index (χ2n) is 2.66. The molecular formula is C9H7N3O3S. The van der Waals surface area contributed by atoms with E-state index in [0.29, 0.717) is 0 Å². The molecule has 0 saturated heterocycles. The quantitative estimate of drug-likeness (QED) is 0.349. The number of carbonyl (C=O) groups is 1. The predicted molar refractivity (Wildman–Crippen MR) is 57.8 cm³/mol. The van der Waals surface area contributed by atoms with E-state index in [0.717, 1.165) is 0 Å². The minimum atomic E-state index is -0.768. The topological polar surface area (TPSA) is 87.9 Å². The van der Waals surface area contributed by atoms with Crippen molar-refractivity contribution in [2.75, 3.05) is 7.11 Å². The second-order valence-corrected chi connectivity index (χ2v) is 3.05. The average Bonchev–Trinajstić information content (AvgIpc) is 2.27. The molecule has 1 N–H and O–H groups in total. The maximum absolute atomic E-state index is 11.1. The Balaban J connectivity index is 3.26. The number of nitrogens with one attached hydrogen (secondary N) is 1. The van der Waals surface area contributed by atoms with E-state index in [4.69, 9.17) is 17.5 Å². The van der Waals surface area contributed by atoms with E-state index in [1.54, 1.807) is 6.07 Å². The Kier molecular flexibility index (Phi) is 3.74. The Bertz CT molecular complexity index is 591. The number of ether oxygens (including phenoxy) is 1. The predicted octanol–water partition coefficient (Wildman–Crippen LogP) is 0.443. The number of aromatic nitrogens is 2. The van der Waals surface area contributed by atoms with Gasteiger partial charge >= 0.3 is 5.97 Å². The van der Waals surface area contributed by atoms with Gasteiger partial charge in [0.25, 0.3) is 5.56 Å². The van der Waals surface area contributed by atoms with Crippen LogP contribution in [0, 0.1) is 16.1 Å². The van der Waals surface area contributed by atoms with Crippen molar-refractivity contribution >= 4 is 24.4 Å². The van der Waals surface area contributed by atoms with Crippen LogP contribution in [0.4, 0.5) is 0 Å². The van der Waals surface area contributed by atoms with Crippen LogP contribution >= 0.6 is 12.2 Å². The van der Waals surface area contributed by atoms with Gasteiger partial charge in [-0.2, -0.15) is 5.26 Å². The van der Waals surface area contributed by atoms with Crippen molar-refractivity contribution in [1.82, 2.24) is 9.55 Å². The molecule has 0 spiro atoms. The molecule has 0 fully saturated rings. The molecule has 0 radical (unpaired) electrons. The summed E-state index contributed by atoms with van der Waals surface area (Å²) in [6, 6.07) is 2.89. The van der Waals surface area contributed by atoms with E-state index in [1.165, 1.54) is 30.1 Å². The highest BCUT2D eigenvalue weighted by Gasteiger charge is 2.08. The molecule has 0 saturated carbocycles. The Morgan fingerprint density at radius 2 is 2.44 bits per heavy atom. The van der Waals surface area contributed by atoms with E-state index in [1.807, 2.05) is 0 Å². The number of rotatable bonds is 2. The fourth-order valence-corrected chi connectivity index (χ4v) is 1.12. The van der Waals surface area contributed by atoms with E-state index >= 15 is 0 Å². The number of nitriles is 1. The zero-order valence-electron chi connectivity index (χ0n) is 8.26. The highest BCUT2D eigenvalue weighted by Crippen LogP contribution is 1.99. The van der Waals surface area contributed by atoms with Crippen LogP contribution < -0.4 is 5.56 Å². The molecule has 1 rings (SSSR count). The average molecular weight is 237 g/mol. The molecule has 0 bridgehead atoms. The van der Waals surface area contributed by atoms with Gasteiger partial charge in [-0.05, 0) is 12.2 Å². The third-order valence-electron chi connectivity index (χ3n) is 1.65. The molecule has 16 heavy (non-hydrogen) atoms. The molecule has 1 aromatic rings. The van der Waals surface area contributed by atoms with Crippen LogP contribution in [0.2, 0.25) is 0 Å². The standard InChI is InChI=1S/C9H7N3O3S/c1-15-8(14)6(4-10)5-12-3-2-7(13)11-9(12)16/h2-3,5H,1H3,(H,11,13,16)/b6-5+. The number of hydrogen-bond acceptors (Lipinski definition) is 5. The van der Waals surface area contributed by atoms with Crippen molar-refractivity contribution in [3.05, 3.63) is 33.0 Å². The summed E-state index contributed by atoms with van der Waals surface area (Å²) in [5, 5.41) is 8.70. The number of hydrogen-bond donors (Lipinski definition) is 1. The normalized spacial score (nSPS) is 10.6. The van der Waals surface area contributed by atoms with Crippen LogP contribution in [0.25, 0.3) is 6.20 Å².